The second kappa shape index (κ2) is 8.85. The van der Waals surface area contributed by atoms with Crippen LogP contribution in [0.2, 0.25) is 0 Å². The molecule has 0 fully saturated rings. The van der Waals surface area contributed by atoms with Crippen LogP contribution >= 0.6 is 0 Å². The van der Waals surface area contributed by atoms with E-state index in [1.54, 1.807) is 0 Å². The predicted octanol–water partition coefficient (Wildman–Crippen LogP) is 3.99. The van der Waals surface area contributed by atoms with E-state index in [1.165, 1.54) is 5.57 Å². The molecule has 0 aliphatic heterocycles. The topological polar surface area (TPSA) is 52.6 Å². The van der Waals surface area contributed by atoms with E-state index in [9.17, 15) is 9.59 Å². The summed E-state index contributed by atoms with van der Waals surface area (Å²) in [5.74, 6) is -0.279. The molecule has 0 aromatic carbocycles. The summed E-state index contributed by atoms with van der Waals surface area (Å²) in [5, 5.41) is 0. The lowest BCUT2D eigenvalue weighted by Gasteiger charge is -2.32. The molecule has 2 unspecified atom stereocenters. The van der Waals surface area contributed by atoms with Crippen molar-refractivity contribution in [2.24, 2.45) is 11.8 Å². The van der Waals surface area contributed by atoms with Crippen molar-refractivity contribution in [3.8, 4) is 0 Å². The molecule has 0 saturated heterocycles. The minimum atomic E-state index is -0.748. The molecule has 0 spiro atoms. The summed E-state index contributed by atoms with van der Waals surface area (Å²) in [6.45, 7) is 8.04. The maximum atomic E-state index is 11.8. The highest BCUT2D eigenvalue weighted by atomic mass is 16.7. The van der Waals surface area contributed by atoms with E-state index in [1.807, 2.05) is 13.8 Å². The van der Waals surface area contributed by atoms with Crippen molar-refractivity contribution in [1.29, 1.82) is 0 Å². The Morgan fingerprint density at radius 1 is 1.19 bits per heavy atom. The van der Waals surface area contributed by atoms with E-state index >= 15 is 0 Å². The number of carbonyl (C=O) groups is 2. The SMILES string of the molecule is CCCC(=O)OC(OC(=O)CCC)C1CCC(C)=CC1C. The van der Waals surface area contributed by atoms with Gasteiger partial charge in [0.15, 0.2) is 0 Å². The zero-order valence-corrected chi connectivity index (χ0v) is 13.7. The highest BCUT2D eigenvalue weighted by molar-refractivity contribution is 5.71. The van der Waals surface area contributed by atoms with Crippen LogP contribution in [0, 0.1) is 11.8 Å². The Hall–Kier alpha value is -1.32. The summed E-state index contributed by atoms with van der Waals surface area (Å²) in [6.07, 6.45) is 5.46. The van der Waals surface area contributed by atoms with Gasteiger partial charge in [-0.15, -0.1) is 0 Å². The van der Waals surface area contributed by atoms with Crippen molar-refractivity contribution in [3.63, 3.8) is 0 Å². The van der Waals surface area contributed by atoms with Crippen molar-refractivity contribution in [2.45, 2.75) is 72.5 Å². The van der Waals surface area contributed by atoms with Crippen LogP contribution in [-0.2, 0) is 19.1 Å². The molecule has 0 radical (unpaired) electrons. The molecule has 1 rings (SSSR count). The van der Waals surface area contributed by atoms with Gasteiger partial charge in [0.2, 0.25) is 0 Å². The number of allylic oxidation sites excluding steroid dienone is 2. The minimum absolute atomic E-state index is 0.0512. The standard InChI is InChI=1S/C17H28O4/c1-5-7-15(18)20-17(21-16(19)8-6-2)14-10-9-12(3)11-13(14)4/h11,13-14,17H,5-10H2,1-4H3. The summed E-state index contributed by atoms with van der Waals surface area (Å²) in [5.41, 5.74) is 1.34. The van der Waals surface area contributed by atoms with E-state index in [0.717, 1.165) is 25.7 Å². The number of ether oxygens (including phenoxy) is 2. The molecule has 2 atom stereocenters. The van der Waals surface area contributed by atoms with Crippen molar-refractivity contribution in [2.75, 3.05) is 0 Å². The number of rotatable bonds is 7. The van der Waals surface area contributed by atoms with Crippen LogP contribution in [0.15, 0.2) is 11.6 Å². The first-order chi connectivity index (χ1) is 9.97. The Morgan fingerprint density at radius 2 is 1.71 bits per heavy atom. The molecule has 1 aliphatic carbocycles. The lowest BCUT2D eigenvalue weighted by molar-refractivity contribution is -0.201. The van der Waals surface area contributed by atoms with Gasteiger partial charge in [-0.25, -0.2) is 0 Å². The average Bonchev–Trinajstić information content (AvgIpc) is 2.38. The van der Waals surface area contributed by atoms with E-state index < -0.39 is 6.29 Å². The van der Waals surface area contributed by atoms with Gasteiger partial charge >= 0.3 is 11.9 Å². The largest absolute Gasteiger partial charge is 0.425 e. The Labute approximate surface area is 127 Å². The first kappa shape index (κ1) is 17.7. The fraction of sp³-hybridized carbons (Fsp3) is 0.765. The fourth-order valence-corrected chi connectivity index (χ4v) is 2.68. The monoisotopic (exact) mass is 296 g/mol. The molecule has 120 valence electrons. The van der Waals surface area contributed by atoms with Gasteiger partial charge in [0, 0.05) is 18.8 Å². The molecule has 0 heterocycles. The second-order valence-corrected chi connectivity index (χ2v) is 5.92. The van der Waals surface area contributed by atoms with Crippen LogP contribution in [0.5, 0.6) is 0 Å². The molecule has 0 bridgehead atoms. The number of carbonyl (C=O) groups excluding carboxylic acids is 2. The van der Waals surface area contributed by atoms with Crippen molar-refractivity contribution in [3.05, 3.63) is 11.6 Å². The van der Waals surface area contributed by atoms with Gasteiger partial charge in [-0.2, -0.15) is 0 Å². The van der Waals surface area contributed by atoms with E-state index in [0.29, 0.717) is 12.8 Å². The van der Waals surface area contributed by atoms with Gasteiger partial charge in [0.25, 0.3) is 6.29 Å². The second-order valence-electron chi connectivity index (χ2n) is 5.92. The third-order valence-corrected chi connectivity index (χ3v) is 3.85. The molecule has 0 aromatic heterocycles. The zero-order valence-electron chi connectivity index (χ0n) is 13.7. The molecule has 4 nitrogen and oxygen atoms in total. The third-order valence-electron chi connectivity index (χ3n) is 3.85. The zero-order chi connectivity index (χ0) is 15.8. The molecule has 4 heteroatoms. The van der Waals surface area contributed by atoms with Gasteiger partial charge in [-0.3, -0.25) is 9.59 Å². The summed E-state index contributed by atoms with van der Waals surface area (Å²) in [6, 6.07) is 0. The molecule has 0 amide bonds. The first-order valence-electron chi connectivity index (χ1n) is 8.04. The predicted molar refractivity (Wildman–Crippen MR) is 81.4 cm³/mol. The lowest BCUT2D eigenvalue weighted by atomic mass is 9.81. The Morgan fingerprint density at radius 3 is 2.14 bits per heavy atom. The van der Waals surface area contributed by atoms with E-state index in [-0.39, 0.29) is 23.8 Å². The van der Waals surface area contributed by atoms with Crippen LogP contribution in [-0.4, -0.2) is 18.2 Å². The number of esters is 2. The van der Waals surface area contributed by atoms with Gasteiger partial charge in [0.05, 0.1) is 0 Å². The van der Waals surface area contributed by atoms with E-state index in [4.69, 9.17) is 9.47 Å². The fourth-order valence-electron chi connectivity index (χ4n) is 2.68. The Kier molecular flexibility index (Phi) is 7.48. The Bertz CT molecular complexity index is 366. The minimum Gasteiger partial charge on any atom is -0.425 e. The van der Waals surface area contributed by atoms with Gasteiger partial charge in [0.1, 0.15) is 0 Å². The van der Waals surface area contributed by atoms with Crippen LogP contribution in [0.25, 0.3) is 0 Å². The highest BCUT2D eigenvalue weighted by Gasteiger charge is 2.33. The van der Waals surface area contributed by atoms with Crippen molar-refractivity contribution in [1.82, 2.24) is 0 Å². The summed E-state index contributed by atoms with van der Waals surface area (Å²) < 4.78 is 10.9. The highest BCUT2D eigenvalue weighted by Crippen LogP contribution is 2.33. The third kappa shape index (κ3) is 5.90. The molecule has 0 aromatic rings. The van der Waals surface area contributed by atoms with Crippen LogP contribution < -0.4 is 0 Å². The van der Waals surface area contributed by atoms with Gasteiger partial charge in [-0.05, 0) is 38.5 Å². The quantitative estimate of drug-likeness (QED) is 0.405. The van der Waals surface area contributed by atoms with Crippen LogP contribution in [0.4, 0.5) is 0 Å². The van der Waals surface area contributed by atoms with Crippen molar-refractivity contribution >= 4 is 11.9 Å². The lowest BCUT2D eigenvalue weighted by Crippen LogP contribution is -2.36. The summed E-state index contributed by atoms with van der Waals surface area (Å²) >= 11 is 0. The van der Waals surface area contributed by atoms with Crippen LogP contribution in [0.3, 0.4) is 0 Å². The van der Waals surface area contributed by atoms with E-state index in [2.05, 4.69) is 19.9 Å². The van der Waals surface area contributed by atoms with Gasteiger partial charge in [-0.1, -0.05) is 32.4 Å². The normalized spacial score (nSPS) is 21.9. The summed E-state index contributed by atoms with van der Waals surface area (Å²) in [4.78, 5) is 23.6. The first-order valence-corrected chi connectivity index (χ1v) is 8.04. The number of hydrogen-bond donors (Lipinski definition) is 0. The van der Waals surface area contributed by atoms with Crippen molar-refractivity contribution < 1.29 is 19.1 Å². The smallest absolute Gasteiger partial charge is 0.308 e. The molecule has 1 aliphatic rings. The van der Waals surface area contributed by atoms with Crippen LogP contribution in [0.1, 0.15) is 66.2 Å². The maximum absolute atomic E-state index is 11.8. The molecular formula is C17H28O4. The molecule has 21 heavy (non-hydrogen) atoms. The summed E-state index contributed by atoms with van der Waals surface area (Å²) in [7, 11) is 0. The molecule has 0 saturated carbocycles. The molecule has 0 N–H and O–H groups in total. The molecular weight excluding hydrogens is 268 g/mol. The number of hydrogen-bond acceptors (Lipinski definition) is 4. The maximum Gasteiger partial charge on any atom is 0.308 e. The average molecular weight is 296 g/mol. The Balaban J connectivity index is 2.75. The van der Waals surface area contributed by atoms with Gasteiger partial charge < -0.3 is 9.47 Å².